The Labute approximate surface area is 171 Å². The average Bonchev–Trinajstić information content (AvgIpc) is 2.72. The molecule has 150 valence electrons. The number of benzene rings is 2. The molecule has 0 fully saturated rings. The van der Waals surface area contributed by atoms with Crippen LogP contribution in [0, 0.1) is 6.92 Å². The van der Waals surface area contributed by atoms with Crippen molar-refractivity contribution >= 4 is 17.5 Å². The zero-order valence-corrected chi connectivity index (χ0v) is 17.2. The molecule has 6 nitrogen and oxygen atoms in total. The first-order chi connectivity index (χ1) is 14.0. The van der Waals surface area contributed by atoms with Gasteiger partial charge in [0, 0.05) is 18.3 Å². The average molecular weight is 390 g/mol. The first-order valence-corrected chi connectivity index (χ1v) is 9.58. The van der Waals surface area contributed by atoms with Crippen LogP contribution in [0.15, 0.2) is 60.7 Å². The number of methoxy groups -OCH3 is 1. The highest BCUT2D eigenvalue weighted by Gasteiger charge is 2.18. The first kappa shape index (κ1) is 20.3. The highest BCUT2D eigenvalue weighted by molar-refractivity contribution is 6.03. The summed E-state index contributed by atoms with van der Waals surface area (Å²) in [6, 6.07) is 19.3. The Hall–Kier alpha value is -3.41. The quantitative estimate of drug-likeness (QED) is 0.645. The van der Waals surface area contributed by atoms with E-state index in [9.17, 15) is 4.79 Å². The van der Waals surface area contributed by atoms with Crippen molar-refractivity contribution < 1.29 is 9.53 Å². The van der Waals surface area contributed by atoms with Crippen molar-refractivity contribution in [3.63, 3.8) is 0 Å². The third-order valence-electron chi connectivity index (χ3n) is 4.51. The summed E-state index contributed by atoms with van der Waals surface area (Å²) in [7, 11) is 1.57. The smallest absolute Gasteiger partial charge is 0.274 e. The fourth-order valence-electron chi connectivity index (χ4n) is 3.00. The van der Waals surface area contributed by atoms with Gasteiger partial charge in [0.15, 0.2) is 0 Å². The van der Waals surface area contributed by atoms with E-state index in [1.165, 1.54) is 0 Å². The van der Waals surface area contributed by atoms with E-state index in [4.69, 9.17) is 4.74 Å². The van der Waals surface area contributed by atoms with Crippen LogP contribution in [-0.4, -0.2) is 29.0 Å². The normalized spacial score (nSPS) is 10.7. The third kappa shape index (κ3) is 5.10. The third-order valence-corrected chi connectivity index (χ3v) is 4.51. The molecule has 0 unspecified atom stereocenters. The number of aromatic nitrogens is 2. The maximum absolute atomic E-state index is 12.9. The van der Waals surface area contributed by atoms with E-state index < -0.39 is 0 Å². The summed E-state index contributed by atoms with van der Waals surface area (Å²) in [5.41, 5.74) is 2.81. The van der Waals surface area contributed by atoms with Crippen molar-refractivity contribution in [1.29, 1.82) is 0 Å². The second-order valence-corrected chi connectivity index (χ2v) is 7.06. The van der Waals surface area contributed by atoms with Crippen molar-refractivity contribution in [3.8, 4) is 5.75 Å². The molecule has 0 aliphatic carbocycles. The number of nitrogens with zero attached hydrogens (tertiary/aromatic N) is 3. The maximum Gasteiger partial charge on any atom is 0.274 e. The minimum absolute atomic E-state index is 0.169. The SMILES string of the molecule is COc1ccccc1NC(=O)c1cc(C)nc(N(Cc2ccccc2)C(C)C)n1. The summed E-state index contributed by atoms with van der Waals surface area (Å²) >= 11 is 0. The Kier molecular flexibility index (Phi) is 6.44. The number of nitrogens with one attached hydrogen (secondary N) is 1. The minimum Gasteiger partial charge on any atom is -0.495 e. The number of anilines is 2. The van der Waals surface area contributed by atoms with E-state index in [0.717, 1.165) is 11.3 Å². The van der Waals surface area contributed by atoms with Crippen molar-refractivity contribution in [2.75, 3.05) is 17.3 Å². The van der Waals surface area contributed by atoms with Gasteiger partial charge in [-0.05, 0) is 44.5 Å². The lowest BCUT2D eigenvalue weighted by atomic mass is 10.2. The minimum atomic E-state index is -0.301. The largest absolute Gasteiger partial charge is 0.495 e. The van der Waals surface area contributed by atoms with Crippen LogP contribution in [-0.2, 0) is 6.54 Å². The van der Waals surface area contributed by atoms with Gasteiger partial charge in [-0.25, -0.2) is 9.97 Å². The van der Waals surface area contributed by atoms with Gasteiger partial charge in [-0.1, -0.05) is 42.5 Å². The van der Waals surface area contributed by atoms with Gasteiger partial charge in [-0.2, -0.15) is 0 Å². The van der Waals surface area contributed by atoms with Crippen LogP contribution in [0.5, 0.6) is 5.75 Å². The molecule has 3 rings (SSSR count). The van der Waals surface area contributed by atoms with Crippen LogP contribution in [0.3, 0.4) is 0 Å². The Morgan fingerprint density at radius 1 is 1.07 bits per heavy atom. The monoisotopic (exact) mass is 390 g/mol. The highest BCUT2D eigenvalue weighted by atomic mass is 16.5. The molecule has 0 aliphatic heterocycles. The van der Waals surface area contributed by atoms with Gasteiger partial charge in [0.1, 0.15) is 11.4 Å². The number of amides is 1. The Morgan fingerprint density at radius 2 is 1.76 bits per heavy atom. The summed E-state index contributed by atoms with van der Waals surface area (Å²) in [5.74, 6) is 0.832. The van der Waals surface area contributed by atoms with Crippen molar-refractivity contribution in [1.82, 2.24) is 9.97 Å². The fourth-order valence-corrected chi connectivity index (χ4v) is 3.00. The molecule has 0 saturated carbocycles. The number of carbonyl (C=O) groups excluding carboxylic acids is 1. The summed E-state index contributed by atoms with van der Waals surface area (Å²) in [6.07, 6.45) is 0. The van der Waals surface area contributed by atoms with Gasteiger partial charge in [-0.15, -0.1) is 0 Å². The topological polar surface area (TPSA) is 67.3 Å². The summed E-state index contributed by atoms with van der Waals surface area (Å²) < 4.78 is 5.31. The number of aryl methyl sites for hydroxylation is 1. The summed E-state index contributed by atoms with van der Waals surface area (Å²) in [5, 5.41) is 2.88. The Balaban J connectivity index is 1.88. The molecular weight excluding hydrogens is 364 g/mol. The molecule has 3 aromatic rings. The van der Waals surface area contributed by atoms with Crippen molar-refractivity contribution in [2.24, 2.45) is 0 Å². The molecule has 2 aromatic carbocycles. The van der Waals surface area contributed by atoms with Crippen molar-refractivity contribution in [3.05, 3.63) is 77.6 Å². The maximum atomic E-state index is 12.9. The second-order valence-electron chi connectivity index (χ2n) is 7.06. The lowest BCUT2D eigenvalue weighted by Gasteiger charge is -2.27. The lowest BCUT2D eigenvalue weighted by Crippen LogP contribution is -2.32. The highest BCUT2D eigenvalue weighted by Crippen LogP contribution is 2.24. The van der Waals surface area contributed by atoms with Crippen LogP contribution in [0.4, 0.5) is 11.6 Å². The molecular formula is C23H26N4O2. The van der Waals surface area contributed by atoms with Gasteiger partial charge in [0.25, 0.3) is 5.91 Å². The number of hydrogen-bond donors (Lipinski definition) is 1. The Morgan fingerprint density at radius 3 is 2.45 bits per heavy atom. The molecule has 6 heteroatoms. The summed E-state index contributed by atoms with van der Waals surface area (Å²) in [4.78, 5) is 24.1. The number of rotatable bonds is 7. The van der Waals surface area contributed by atoms with E-state index in [0.29, 0.717) is 29.6 Å². The van der Waals surface area contributed by atoms with E-state index in [1.54, 1.807) is 25.3 Å². The number of para-hydroxylation sites is 2. The number of hydrogen-bond acceptors (Lipinski definition) is 5. The standard InChI is InChI=1S/C23H26N4O2/c1-16(2)27(15-18-10-6-5-7-11-18)23-24-17(3)14-20(26-23)22(28)25-19-12-8-9-13-21(19)29-4/h5-14,16H,15H2,1-4H3,(H,25,28). The molecule has 1 aromatic heterocycles. The zero-order valence-electron chi connectivity index (χ0n) is 17.2. The van der Waals surface area contributed by atoms with Gasteiger partial charge >= 0.3 is 0 Å². The van der Waals surface area contributed by atoms with Crippen LogP contribution in [0.2, 0.25) is 0 Å². The van der Waals surface area contributed by atoms with E-state index >= 15 is 0 Å². The second kappa shape index (κ2) is 9.19. The molecule has 1 N–H and O–H groups in total. The molecule has 0 spiro atoms. The summed E-state index contributed by atoms with van der Waals surface area (Å²) in [6.45, 7) is 6.70. The molecule has 0 aliphatic rings. The lowest BCUT2D eigenvalue weighted by molar-refractivity contribution is 0.102. The molecule has 0 bridgehead atoms. The number of carbonyl (C=O) groups is 1. The van der Waals surface area contributed by atoms with Crippen LogP contribution in [0.1, 0.15) is 35.6 Å². The van der Waals surface area contributed by atoms with Gasteiger partial charge in [-0.3, -0.25) is 4.79 Å². The molecule has 0 saturated heterocycles. The van der Waals surface area contributed by atoms with Gasteiger partial charge < -0.3 is 15.0 Å². The first-order valence-electron chi connectivity index (χ1n) is 9.58. The predicted molar refractivity (Wildman–Crippen MR) is 115 cm³/mol. The van der Waals surface area contributed by atoms with E-state index in [-0.39, 0.29) is 11.9 Å². The molecule has 1 amide bonds. The molecule has 0 atom stereocenters. The molecule has 1 heterocycles. The van der Waals surface area contributed by atoms with E-state index in [1.807, 2.05) is 37.3 Å². The van der Waals surface area contributed by atoms with Crippen LogP contribution < -0.4 is 15.0 Å². The molecule has 0 radical (unpaired) electrons. The van der Waals surface area contributed by atoms with E-state index in [2.05, 4.69) is 46.2 Å². The van der Waals surface area contributed by atoms with Gasteiger partial charge in [0.2, 0.25) is 5.95 Å². The van der Waals surface area contributed by atoms with Gasteiger partial charge in [0.05, 0.1) is 12.8 Å². The Bertz CT molecular complexity index is 974. The zero-order chi connectivity index (χ0) is 20.8. The molecule has 29 heavy (non-hydrogen) atoms. The fraction of sp³-hybridized carbons (Fsp3) is 0.261. The number of ether oxygens (including phenoxy) is 1. The van der Waals surface area contributed by atoms with Crippen LogP contribution >= 0.6 is 0 Å². The van der Waals surface area contributed by atoms with Crippen LogP contribution in [0.25, 0.3) is 0 Å². The predicted octanol–water partition coefficient (Wildman–Crippen LogP) is 4.46. The van der Waals surface area contributed by atoms with Crippen molar-refractivity contribution in [2.45, 2.75) is 33.4 Å².